The molecule has 0 unspecified atom stereocenters. The zero-order valence-corrected chi connectivity index (χ0v) is 8.75. The minimum Gasteiger partial charge on any atom is -0.477 e. The number of hydrogen-bond donors (Lipinski definition) is 2. The minimum atomic E-state index is -1.02. The molecule has 0 saturated heterocycles. The summed E-state index contributed by atoms with van der Waals surface area (Å²) in [4.78, 5) is 17.3. The molecule has 6 heteroatoms. The Hall–Kier alpha value is -1.01. The van der Waals surface area contributed by atoms with E-state index in [0.29, 0.717) is 8.96 Å². The lowest BCUT2D eigenvalue weighted by molar-refractivity contribution is -0.129. The molecule has 0 spiro atoms. The van der Waals surface area contributed by atoms with E-state index in [0.717, 1.165) is 5.69 Å². The number of rotatable bonds is 2. The normalized spacial score (nSPS) is 11.7. The van der Waals surface area contributed by atoms with E-state index in [1.165, 1.54) is 18.3 Å². The third-order valence-corrected chi connectivity index (χ3v) is 2.61. The van der Waals surface area contributed by atoms with Crippen molar-refractivity contribution in [1.82, 2.24) is 4.98 Å². The van der Waals surface area contributed by atoms with Crippen LogP contribution in [-0.2, 0) is 4.79 Å². The van der Waals surface area contributed by atoms with Crippen LogP contribution in [0.15, 0.2) is 4.99 Å². The maximum absolute atomic E-state index is 10.5. The van der Waals surface area contributed by atoms with Gasteiger partial charge in [0, 0.05) is 5.69 Å². The summed E-state index contributed by atoms with van der Waals surface area (Å²) >= 11 is 6.15. The van der Waals surface area contributed by atoms with Gasteiger partial charge in [-0.2, -0.15) is 0 Å². The maximum Gasteiger partial charge on any atom is 0.349 e. The summed E-state index contributed by atoms with van der Waals surface area (Å²) in [5, 5.41) is 9.21. The van der Waals surface area contributed by atoms with E-state index in [4.69, 9.17) is 17.3 Å². The molecule has 70 valence electrons. The zero-order chi connectivity index (χ0) is 10.0. The summed E-state index contributed by atoms with van der Waals surface area (Å²) in [5.41, 5.74) is 0.865. The first-order valence-electron chi connectivity index (χ1n) is 3.49. The first kappa shape index (κ1) is 10.1. The van der Waals surface area contributed by atoms with Crippen LogP contribution in [-0.4, -0.2) is 21.8 Å². The van der Waals surface area contributed by atoms with E-state index in [-0.39, 0.29) is 5.71 Å². The second-order valence-corrected chi connectivity index (χ2v) is 4.11. The molecule has 1 aromatic heterocycles. The molecule has 0 fully saturated rings. The van der Waals surface area contributed by atoms with Crippen molar-refractivity contribution in [2.75, 3.05) is 0 Å². The second kappa shape index (κ2) is 3.80. The number of nitrogens with one attached hydrogen (secondary N) is 1. The summed E-state index contributed by atoms with van der Waals surface area (Å²) < 4.78 is 0.606. The monoisotopic (exact) mass is 216 g/mol. The molecule has 1 heterocycles. The van der Waals surface area contributed by atoms with Gasteiger partial charge in [-0.1, -0.05) is 11.3 Å². The topological polar surface area (TPSA) is 65.5 Å². The molecule has 0 aliphatic heterocycles. The molecule has 4 nitrogen and oxygen atoms in total. The number of nitrogens with zero attached hydrogens (tertiary/aromatic N) is 1. The van der Waals surface area contributed by atoms with Crippen LogP contribution in [0.25, 0.3) is 0 Å². The highest BCUT2D eigenvalue weighted by molar-refractivity contribution is 7.73. The number of aliphatic imine (C=N–C) groups is 1. The van der Waals surface area contributed by atoms with Crippen LogP contribution in [0.1, 0.15) is 12.6 Å². The molecule has 13 heavy (non-hydrogen) atoms. The van der Waals surface area contributed by atoms with Gasteiger partial charge in [0.1, 0.15) is 10.7 Å². The highest BCUT2D eigenvalue weighted by atomic mass is 32.1. The molecule has 2 N–H and O–H groups in total. The van der Waals surface area contributed by atoms with Gasteiger partial charge in [0.2, 0.25) is 0 Å². The van der Waals surface area contributed by atoms with Crippen LogP contribution < -0.4 is 0 Å². The largest absolute Gasteiger partial charge is 0.477 e. The van der Waals surface area contributed by atoms with Gasteiger partial charge in [-0.05, 0) is 26.1 Å². The lowest BCUT2D eigenvalue weighted by Gasteiger charge is -1.91. The SMILES string of the molecule is C/C(=N\c1sc(=S)[nH]c1C)C(=O)O. The summed E-state index contributed by atoms with van der Waals surface area (Å²) in [6.45, 7) is 3.25. The highest BCUT2D eigenvalue weighted by Gasteiger charge is 2.05. The Morgan fingerprint density at radius 2 is 2.31 bits per heavy atom. The van der Waals surface area contributed by atoms with Crippen molar-refractivity contribution in [2.24, 2.45) is 4.99 Å². The number of aliphatic carboxylic acids is 1. The molecule has 0 radical (unpaired) electrons. The number of hydrogen-bond acceptors (Lipinski definition) is 4. The molecule has 0 amide bonds. The first-order valence-corrected chi connectivity index (χ1v) is 4.71. The van der Waals surface area contributed by atoms with Crippen molar-refractivity contribution < 1.29 is 9.90 Å². The number of thiazole rings is 1. The Morgan fingerprint density at radius 3 is 2.69 bits per heavy atom. The number of carboxylic acid groups (broad SMARTS) is 1. The molecule has 0 saturated carbocycles. The molecule has 0 bridgehead atoms. The van der Waals surface area contributed by atoms with Gasteiger partial charge < -0.3 is 10.1 Å². The Morgan fingerprint density at radius 1 is 1.69 bits per heavy atom. The summed E-state index contributed by atoms with van der Waals surface area (Å²) in [7, 11) is 0. The molecular weight excluding hydrogens is 208 g/mol. The van der Waals surface area contributed by atoms with Crippen molar-refractivity contribution in [3.8, 4) is 0 Å². The van der Waals surface area contributed by atoms with Crippen LogP contribution >= 0.6 is 23.6 Å². The van der Waals surface area contributed by atoms with E-state index in [9.17, 15) is 4.79 Å². The van der Waals surface area contributed by atoms with Gasteiger partial charge in [0.05, 0.1) is 0 Å². The fraction of sp³-hybridized carbons (Fsp3) is 0.286. The van der Waals surface area contributed by atoms with E-state index in [1.807, 2.05) is 0 Å². The van der Waals surface area contributed by atoms with Crippen LogP contribution in [0.4, 0.5) is 5.00 Å². The van der Waals surface area contributed by atoms with Crippen LogP contribution in [0, 0.1) is 10.9 Å². The summed E-state index contributed by atoms with van der Waals surface area (Å²) in [5.74, 6) is -1.02. The predicted octanol–water partition coefficient (Wildman–Crippen LogP) is 2.29. The van der Waals surface area contributed by atoms with Crippen molar-refractivity contribution in [3.63, 3.8) is 0 Å². The summed E-state index contributed by atoms with van der Waals surface area (Å²) in [6, 6.07) is 0. The Labute approximate surface area is 84.0 Å². The Balaban J connectivity index is 3.10. The maximum atomic E-state index is 10.5. The van der Waals surface area contributed by atoms with Gasteiger partial charge in [-0.25, -0.2) is 9.79 Å². The van der Waals surface area contributed by atoms with E-state index < -0.39 is 5.97 Å². The quantitative estimate of drug-likeness (QED) is 0.589. The fourth-order valence-corrected chi connectivity index (χ4v) is 1.86. The molecule has 1 rings (SSSR count). The lowest BCUT2D eigenvalue weighted by Crippen LogP contribution is -2.06. The van der Waals surface area contributed by atoms with Crippen LogP contribution in [0.2, 0.25) is 0 Å². The third-order valence-electron chi connectivity index (χ3n) is 1.38. The smallest absolute Gasteiger partial charge is 0.349 e. The van der Waals surface area contributed by atoms with Crippen molar-refractivity contribution in [3.05, 3.63) is 9.65 Å². The Bertz CT molecular complexity index is 416. The van der Waals surface area contributed by atoms with E-state index in [1.54, 1.807) is 6.92 Å². The average Bonchev–Trinajstić information content (AvgIpc) is 2.30. The zero-order valence-electron chi connectivity index (χ0n) is 7.12. The minimum absolute atomic E-state index is 0.0633. The number of aromatic nitrogens is 1. The molecule has 0 atom stereocenters. The lowest BCUT2D eigenvalue weighted by atomic mass is 10.4. The molecular formula is C7H8N2O2S2. The van der Waals surface area contributed by atoms with Crippen LogP contribution in [0.3, 0.4) is 0 Å². The standard InChI is InChI=1S/C7H8N2O2S2/c1-3-5(13-7(12)9-3)8-4(2)6(10)11/h1-2H3,(H,9,12)(H,10,11)/b8-4+. The predicted molar refractivity (Wildman–Crippen MR) is 54.6 cm³/mol. The molecule has 0 aliphatic carbocycles. The molecule has 0 aliphatic rings. The van der Waals surface area contributed by atoms with Crippen molar-refractivity contribution >= 4 is 40.2 Å². The molecule has 1 aromatic rings. The van der Waals surface area contributed by atoms with Gasteiger partial charge in [-0.3, -0.25) is 0 Å². The van der Waals surface area contributed by atoms with Crippen molar-refractivity contribution in [1.29, 1.82) is 0 Å². The average molecular weight is 216 g/mol. The van der Waals surface area contributed by atoms with Gasteiger partial charge in [-0.15, -0.1) is 0 Å². The van der Waals surface area contributed by atoms with Gasteiger partial charge in [0.25, 0.3) is 0 Å². The van der Waals surface area contributed by atoms with Crippen molar-refractivity contribution in [2.45, 2.75) is 13.8 Å². The Kier molecular flexibility index (Phi) is 2.94. The first-order chi connectivity index (χ1) is 6.00. The third kappa shape index (κ3) is 2.46. The summed E-state index contributed by atoms with van der Waals surface area (Å²) in [6.07, 6.45) is 0. The fourth-order valence-electron chi connectivity index (χ4n) is 0.703. The second-order valence-electron chi connectivity index (χ2n) is 2.45. The van der Waals surface area contributed by atoms with Crippen LogP contribution in [0.5, 0.6) is 0 Å². The van der Waals surface area contributed by atoms with E-state index in [2.05, 4.69) is 9.98 Å². The number of H-pyrrole nitrogens is 1. The van der Waals surface area contributed by atoms with Gasteiger partial charge >= 0.3 is 5.97 Å². The number of aryl methyl sites for hydroxylation is 1. The highest BCUT2D eigenvalue weighted by Crippen LogP contribution is 2.24. The number of carbonyl (C=O) groups is 1. The number of carboxylic acids is 1. The van der Waals surface area contributed by atoms with E-state index >= 15 is 0 Å². The molecule has 0 aromatic carbocycles. The van der Waals surface area contributed by atoms with Gasteiger partial charge in [0.15, 0.2) is 3.95 Å². The number of aromatic amines is 1.